The molecule has 164 valence electrons. The van der Waals surface area contributed by atoms with Crippen LogP contribution in [0.2, 0.25) is 10.0 Å². The van der Waals surface area contributed by atoms with Crippen LogP contribution < -0.4 is 4.74 Å². The summed E-state index contributed by atoms with van der Waals surface area (Å²) in [6, 6.07) is 7.00. The Morgan fingerprint density at radius 2 is 1.80 bits per heavy atom. The molecule has 12 heteroatoms. The van der Waals surface area contributed by atoms with Crippen molar-refractivity contribution in [2.24, 2.45) is 0 Å². The van der Waals surface area contributed by atoms with Crippen molar-refractivity contribution in [1.29, 1.82) is 0 Å². The van der Waals surface area contributed by atoms with E-state index in [2.05, 4.69) is 10.00 Å². The zero-order chi connectivity index (χ0) is 22.1. The molecule has 0 aliphatic carbocycles. The van der Waals surface area contributed by atoms with Gasteiger partial charge in [0.25, 0.3) is 0 Å². The quantitative estimate of drug-likeness (QED) is 0.545. The number of ether oxygens (including phenoxy) is 2. The maximum absolute atomic E-state index is 10.1. The number of carbonyl (C=O) groups is 2. The van der Waals surface area contributed by atoms with Crippen molar-refractivity contribution in [3.63, 3.8) is 0 Å². The smallest absolute Gasteiger partial charge is 0.414 e. The zero-order valence-corrected chi connectivity index (χ0v) is 17.3. The number of β-amino-alcohol motifs (C(OH)–C–C–N with tert-alkyl or cyclic N) is 1. The Bertz CT molecular complexity index is 844. The van der Waals surface area contributed by atoms with E-state index in [-0.39, 0.29) is 6.61 Å². The zero-order valence-electron chi connectivity index (χ0n) is 15.8. The van der Waals surface area contributed by atoms with Crippen LogP contribution in [-0.2, 0) is 14.3 Å². The van der Waals surface area contributed by atoms with E-state index in [1.165, 1.54) is 0 Å². The average Bonchev–Trinajstić information content (AvgIpc) is 3.19. The Kier molecular flexibility index (Phi) is 9.34. The van der Waals surface area contributed by atoms with Crippen molar-refractivity contribution < 1.29 is 34.4 Å². The minimum atomic E-state index is -1.82. The van der Waals surface area contributed by atoms with Gasteiger partial charge in [-0.2, -0.15) is 0 Å². The molecule has 2 aromatic rings. The van der Waals surface area contributed by atoms with Gasteiger partial charge in [-0.15, -0.1) is 5.10 Å². The summed E-state index contributed by atoms with van der Waals surface area (Å²) in [5.74, 6) is -3.20. The topological polar surface area (TPSA) is 134 Å². The highest BCUT2D eigenvalue weighted by Gasteiger charge is 2.16. The van der Waals surface area contributed by atoms with Gasteiger partial charge >= 0.3 is 11.9 Å². The Morgan fingerprint density at radius 1 is 1.13 bits per heavy atom. The number of carboxylic acids is 2. The first kappa shape index (κ1) is 23.9. The second-order valence-electron chi connectivity index (χ2n) is 6.19. The summed E-state index contributed by atoms with van der Waals surface area (Å²) < 4.78 is 12.5. The fourth-order valence-corrected chi connectivity index (χ4v) is 2.76. The number of aliphatic carboxylic acids is 2. The number of aromatic nitrogens is 2. The summed E-state index contributed by atoms with van der Waals surface area (Å²) in [4.78, 5) is 20.4. The van der Waals surface area contributed by atoms with E-state index in [9.17, 15) is 5.11 Å². The normalized spacial score (nSPS) is 15.0. The molecule has 1 aromatic carbocycles. The van der Waals surface area contributed by atoms with E-state index in [1.54, 1.807) is 29.1 Å². The van der Waals surface area contributed by atoms with E-state index >= 15 is 0 Å². The number of benzene rings is 1. The van der Waals surface area contributed by atoms with E-state index < -0.39 is 18.0 Å². The maximum atomic E-state index is 10.1. The van der Waals surface area contributed by atoms with Crippen molar-refractivity contribution in [3.05, 3.63) is 40.5 Å². The van der Waals surface area contributed by atoms with Crippen LogP contribution in [0.25, 0.3) is 5.69 Å². The molecule has 10 nitrogen and oxygen atoms in total. The van der Waals surface area contributed by atoms with Crippen molar-refractivity contribution in [2.75, 3.05) is 39.5 Å². The second kappa shape index (κ2) is 11.7. The Balaban J connectivity index is 0.000000469. The Hall–Kier alpha value is -2.37. The number of carboxylic acid groups (broad SMARTS) is 2. The lowest BCUT2D eigenvalue weighted by Gasteiger charge is -2.28. The van der Waals surface area contributed by atoms with E-state index in [0.29, 0.717) is 35.7 Å². The van der Waals surface area contributed by atoms with Gasteiger partial charge in [0.05, 0.1) is 28.9 Å². The van der Waals surface area contributed by atoms with Crippen LogP contribution >= 0.6 is 23.2 Å². The first-order valence-corrected chi connectivity index (χ1v) is 9.60. The lowest BCUT2D eigenvalue weighted by Crippen LogP contribution is -2.42. The number of halogens is 2. The number of aliphatic hydroxyl groups excluding tert-OH is 1. The van der Waals surface area contributed by atoms with Gasteiger partial charge in [0.1, 0.15) is 12.7 Å². The lowest BCUT2D eigenvalue weighted by atomic mass is 10.3. The van der Waals surface area contributed by atoms with Crippen LogP contribution in [-0.4, -0.2) is 87.5 Å². The summed E-state index contributed by atoms with van der Waals surface area (Å²) >= 11 is 11.9. The van der Waals surface area contributed by atoms with Crippen LogP contribution in [0.1, 0.15) is 0 Å². The molecule has 30 heavy (non-hydrogen) atoms. The molecule has 1 aliphatic rings. The standard InChI is InChI=1S/C16H19Cl2N3O3.C2H2O4/c17-14-2-1-12(9-15(14)18)21-4-3-16(19-21)24-11-13(22)10-20-5-7-23-8-6-20;3-1(4)2(5)6/h1-4,9,13,22H,5-8,10-11H2;(H,3,4)(H,5,6). The van der Waals surface area contributed by atoms with Gasteiger partial charge < -0.3 is 24.8 Å². The minimum absolute atomic E-state index is 0.190. The minimum Gasteiger partial charge on any atom is -0.474 e. The number of hydrogen-bond donors (Lipinski definition) is 3. The molecule has 2 heterocycles. The molecular formula is C18H21Cl2N3O7. The van der Waals surface area contributed by atoms with Crippen molar-refractivity contribution in [2.45, 2.75) is 6.10 Å². The lowest BCUT2D eigenvalue weighted by molar-refractivity contribution is -0.159. The third-order valence-corrected chi connectivity index (χ3v) is 4.65. The predicted octanol–water partition coefficient (Wildman–Crippen LogP) is 1.41. The van der Waals surface area contributed by atoms with Gasteiger partial charge in [-0.1, -0.05) is 23.2 Å². The molecule has 3 N–H and O–H groups in total. The van der Waals surface area contributed by atoms with Crippen molar-refractivity contribution in [3.8, 4) is 11.6 Å². The Labute approximate surface area is 182 Å². The largest absolute Gasteiger partial charge is 0.474 e. The molecule has 1 saturated heterocycles. The molecule has 1 aromatic heterocycles. The first-order valence-electron chi connectivity index (χ1n) is 8.84. The molecule has 1 aliphatic heterocycles. The number of morpholine rings is 1. The summed E-state index contributed by atoms with van der Waals surface area (Å²) in [6.45, 7) is 3.85. The fourth-order valence-electron chi connectivity index (χ4n) is 2.47. The van der Waals surface area contributed by atoms with E-state index in [4.69, 9.17) is 52.5 Å². The molecule has 0 bridgehead atoms. The van der Waals surface area contributed by atoms with Gasteiger partial charge in [-0.25, -0.2) is 14.3 Å². The van der Waals surface area contributed by atoms with Crippen LogP contribution in [0, 0.1) is 0 Å². The molecule has 1 atom stereocenters. The van der Waals surface area contributed by atoms with E-state index in [0.717, 1.165) is 18.8 Å². The van der Waals surface area contributed by atoms with Crippen LogP contribution in [0.3, 0.4) is 0 Å². The number of nitrogens with zero attached hydrogens (tertiary/aromatic N) is 3. The summed E-state index contributed by atoms with van der Waals surface area (Å²) in [7, 11) is 0. The molecule has 0 radical (unpaired) electrons. The monoisotopic (exact) mass is 461 g/mol. The highest BCUT2D eigenvalue weighted by Crippen LogP contribution is 2.24. The van der Waals surface area contributed by atoms with E-state index in [1.807, 2.05) is 6.07 Å². The molecule has 0 spiro atoms. The molecule has 1 unspecified atom stereocenters. The number of aliphatic hydroxyl groups is 1. The third-order valence-electron chi connectivity index (χ3n) is 3.91. The maximum Gasteiger partial charge on any atom is 0.414 e. The van der Waals surface area contributed by atoms with Crippen molar-refractivity contribution >= 4 is 35.1 Å². The molecule has 0 amide bonds. The van der Waals surface area contributed by atoms with Gasteiger partial charge in [0.2, 0.25) is 5.88 Å². The van der Waals surface area contributed by atoms with Gasteiger partial charge in [-0.3, -0.25) is 4.90 Å². The molecule has 3 rings (SSSR count). The average molecular weight is 462 g/mol. The number of hydrogen-bond acceptors (Lipinski definition) is 7. The SMILES string of the molecule is O=C(O)C(=O)O.OC(COc1ccn(-c2ccc(Cl)c(Cl)c2)n1)CN1CCOCC1. The van der Waals surface area contributed by atoms with Crippen LogP contribution in [0.4, 0.5) is 0 Å². The van der Waals surface area contributed by atoms with Gasteiger partial charge in [-0.05, 0) is 18.2 Å². The highest BCUT2D eigenvalue weighted by atomic mass is 35.5. The third kappa shape index (κ3) is 7.81. The fraction of sp³-hybridized carbons (Fsp3) is 0.389. The summed E-state index contributed by atoms with van der Waals surface area (Å²) in [6.07, 6.45) is 1.20. The molecule has 1 fully saturated rings. The number of rotatable bonds is 6. The summed E-state index contributed by atoms with van der Waals surface area (Å²) in [5, 5.41) is 30.1. The van der Waals surface area contributed by atoms with Crippen LogP contribution in [0.15, 0.2) is 30.5 Å². The Morgan fingerprint density at radius 3 is 2.40 bits per heavy atom. The molecular weight excluding hydrogens is 441 g/mol. The van der Waals surface area contributed by atoms with Gasteiger partial charge in [0, 0.05) is 31.9 Å². The van der Waals surface area contributed by atoms with Gasteiger partial charge in [0.15, 0.2) is 0 Å². The summed E-state index contributed by atoms with van der Waals surface area (Å²) in [5.41, 5.74) is 0.785. The first-order chi connectivity index (χ1) is 14.3. The van der Waals surface area contributed by atoms with Crippen molar-refractivity contribution in [1.82, 2.24) is 14.7 Å². The second-order valence-corrected chi connectivity index (χ2v) is 7.00. The molecule has 0 saturated carbocycles. The van der Waals surface area contributed by atoms with Crippen LogP contribution in [0.5, 0.6) is 5.88 Å². The predicted molar refractivity (Wildman–Crippen MR) is 108 cm³/mol. The highest BCUT2D eigenvalue weighted by molar-refractivity contribution is 6.42.